The van der Waals surface area contributed by atoms with Gasteiger partial charge in [0.1, 0.15) is 0 Å². The van der Waals surface area contributed by atoms with Gasteiger partial charge in [0, 0.05) is 16.8 Å². The molecule has 0 spiro atoms. The highest BCUT2D eigenvalue weighted by Gasteiger charge is 2.02. The highest BCUT2D eigenvalue weighted by Crippen LogP contribution is 2.17. The fourth-order valence-electron chi connectivity index (χ4n) is 1.31. The van der Waals surface area contributed by atoms with E-state index in [2.05, 4.69) is 16.0 Å². The number of nitrogens with zero attached hydrogens (tertiary/aromatic N) is 3. The summed E-state index contributed by atoms with van der Waals surface area (Å²) in [6, 6.07) is 11.1. The molecule has 1 heterocycles. The van der Waals surface area contributed by atoms with Crippen LogP contribution in [0, 0.1) is 11.3 Å². The van der Waals surface area contributed by atoms with E-state index in [1.807, 2.05) is 12.1 Å². The lowest BCUT2D eigenvalue weighted by Gasteiger charge is -2.01. The molecule has 16 heavy (non-hydrogen) atoms. The van der Waals surface area contributed by atoms with Crippen molar-refractivity contribution in [2.24, 2.45) is 0 Å². The van der Waals surface area contributed by atoms with Gasteiger partial charge in [0.2, 0.25) is 0 Å². The lowest BCUT2D eigenvalue weighted by Crippen LogP contribution is -1.93. The third kappa shape index (κ3) is 2.36. The second-order valence-corrected chi connectivity index (χ2v) is 3.65. The summed E-state index contributed by atoms with van der Waals surface area (Å²) < 4.78 is 0. The smallest absolute Gasteiger partial charge is 0.159 e. The first-order chi connectivity index (χ1) is 7.79. The van der Waals surface area contributed by atoms with Crippen LogP contribution in [-0.4, -0.2) is 9.97 Å². The normalized spacial score (nSPS) is 9.75. The highest BCUT2D eigenvalue weighted by molar-refractivity contribution is 6.30. The molecule has 0 N–H and O–H groups in total. The van der Waals surface area contributed by atoms with Crippen molar-refractivity contribution in [1.82, 2.24) is 9.97 Å². The van der Waals surface area contributed by atoms with Gasteiger partial charge >= 0.3 is 0 Å². The summed E-state index contributed by atoms with van der Waals surface area (Å²) in [6.07, 6.45) is 1.95. The predicted molar refractivity (Wildman–Crippen MR) is 61.8 cm³/mol. The number of hydrogen-bond acceptors (Lipinski definition) is 3. The largest absolute Gasteiger partial charge is 0.237 e. The van der Waals surface area contributed by atoms with Crippen molar-refractivity contribution in [2.75, 3.05) is 0 Å². The number of aromatic nitrogens is 2. The van der Waals surface area contributed by atoms with Gasteiger partial charge in [-0.1, -0.05) is 11.6 Å². The van der Waals surface area contributed by atoms with E-state index in [-0.39, 0.29) is 0 Å². The van der Waals surface area contributed by atoms with Gasteiger partial charge in [-0.3, -0.25) is 0 Å². The van der Waals surface area contributed by atoms with Gasteiger partial charge in [0.05, 0.1) is 18.2 Å². The van der Waals surface area contributed by atoms with Crippen LogP contribution in [-0.2, 0) is 6.42 Å². The van der Waals surface area contributed by atoms with Gasteiger partial charge in [0.15, 0.2) is 5.82 Å². The summed E-state index contributed by atoms with van der Waals surface area (Å²) in [7, 11) is 0. The minimum absolute atomic E-state index is 0.295. The molecule has 0 saturated heterocycles. The van der Waals surface area contributed by atoms with Crippen LogP contribution in [0.25, 0.3) is 11.4 Å². The molecule has 2 aromatic rings. The average molecular weight is 230 g/mol. The fraction of sp³-hybridized carbons (Fsp3) is 0.0833. The van der Waals surface area contributed by atoms with Crippen LogP contribution >= 0.6 is 11.6 Å². The first-order valence-corrected chi connectivity index (χ1v) is 5.12. The zero-order valence-electron chi connectivity index (χ0n) is 8.39. The standard InChI is InChI=1S/C12H8ClN3/c13-10-3-1-9(2-4-10)12-15-8-6-11(16-12)5-7-14/h1-4,6,8H,5H2. The number of hydrogen-bond donors (Lipinski definition) is 0. The number of nitriles is 1. The molecule has 0 aliphatic rings. The van der Waals surface area contributed by atoms with Crippen molar-refractivity contribution in [1.29, 1.82) is 5.26 Å². The SMILES string of the molecule is N#CCc1ccnc(-c2ccc(Cl)cc2)n1. The van der Waals surface area contributed by atoms with Gasteiger partial charge in [-0.05, 0) is 30.3 Å². The quantitative estimate of drug-likeness (QED) is 0.796. The van der Waals surface area contributed by atoms with E-state index in [0.29, 0.717) is 17.3 Å². The summed E-state index contributed by atoms with van der Waals surface area (Å²) in [5.74, 6) is 0.615. The first kappa shape index (κ1) is 10.6. The maximum absolute atomic E-state index is 8.59. The van der Waals surface area contributed by atoms with Crippen molar-refractivity contribution in [3.05, 3.63) is 47.2 Å². The molecule has 3 nitrogen and oxygen atoms in total. The van der Waals surface area contributed by atoms with Crippen LogP contribution in [0.3, 0.4) is 0 Å². The Labute approximate surface area is 98.4 Å². The fourth-order valence-corrected chi connectivity index (χ4v) is 1.44. The van der Waals surface area contributed by atoms with E-state index in [1.54, 1.807) is 24.4 Å². The minimum Gasteiger partial charge on any atom is -0.237 e. The molecule has 1 aromatic carbocycles. The van der Waals surface area contributed by atoms with E-state index in [0.717, 1.165) is 11.3 Å². The first-order valence-electron chi connectivity index (χ1n) is 4.74. The van der Waals surface area contributed by atoms with Gasteiger partial charge in [-0.25, -0.2) is 9.97 Å². The van der Waals surface area contributed by atoms with Crippen molar-refractivity contribution < 1.29 is 0 Å². The Morgan fingerprint density at radius 2 is 1.94 bits per heavy atom. The molecule has 78 valence electrons. The Morgan fingerprint density at radius 1 is 1.19 bits per heavy atom. The molecule has 0 fully saturated rings. The molecule has 4 heteroatoms. The van der Waals surface area contributed by atoms with E-state index < -0.39 is 0 Å². The lowest BCUT2D eigenvalue weighted by atomic mass is 10.2. The van der Waals surface area contributed by atoms with E-state index in [4.69, 9.17) is 16.9 Å². The van der Waals surface area contributed by atoms with Crippen LogP contribution < -0.4 is 0 Å². The Balaban J connectivity index is 2.37. The summed E-state index contributed by atoms with van der Waals surface area (Å²) in [5.41, 5.74) is 1.62. The van der Waals surface area contributed by atoms with Crippen LogP contribution in [0.1, 0.15) is 5.69 Å². The zero-order valence-corrected chi connectivity index (χ0v) is 9.15. The van der Waals surface area contributed by atoms with Gasteiger partial charge < -0.3 is 0 Å². The lowest BCUT2D eigenvalue weighted by molar-refractivity contribution is 1.06. The summed E-state index contributed by atoms with van der Waals surface area (Å²) in [5, 5.41) is 9.27. The average Bonchev–Trinajstić information content (AvgIpc) is 2.31. The molecule has 2 rings (SSSR count). The summed E-state index contributed by atoms with van der Waals surface area (Å²) in [4.78, 5) is 8.44. The molecule has 0 atom stereocenters. The van der Waals surface area contributed by atoms with Crippen molar-refractivity contribution in [3.63, 3.8) is 0 Å². The molecule has 0 radical (unpaired) electrons. The van der Waals surface area contributed by atoms with Gasteiger partial charge in [-0.2, -0.15) is 5.26 Å². The summed E-state index contributed by atoms with van der Waals surface area (Å²) >= 11 is 5.80. The summed E-state index contributed by atoms with van der Waals surface area (Å²) in [6.45, 7) is 0. The molecule has 1 aromatic heterocycles. The van der Waals surface area contributed by atoms with Crippen LogP contribution in [0.15, 0.2) is 36.5 Å². The predicted octanol–water partition coefficient (Wildman–Crippen LogP) is 2.86. The van der Waals surface area contributed by atoms with Crippen LogP contribution in [0.4, 0.5) is 0 Å². The van der Waals surface area contributed by atoms with Gasteiger partial charge in [-0.15, -0.1) is 0 Å². The Hall–Kier alpha value is -1.92. The third-order valence-electron chi connectivity index (χ3n) is 2.08. The van der Waals surface area contributed by atoms with Crippen LogP contribution in [0.2, 0.25) is 5.02 Å². The minimum atomic E-state index is 0.295. The van der Waals surface area contributed by atoms with Gasteiger partial charge in [0.25, 0.3) is 0 Å². The monoisotopic (exact) mass is 229 g/mol. The Kier molecular flexibility index (Phi) is 3.13. The third-order valence-corrected chi connectivity index (χ3v) is 2.33. The van der Waals surface area contributed by atoms with Crippen LogP contribution in [0.5, 0.6) is 0 Å². The molecule has 0 amide bonds. The number of benzene rings is 1. The van der Waals surface area contributed by atoms with E-state index in [1.165, 1.54) is 0 Å². The van der Waals surface area contributed by atoms with Crippen molar-refractivity contribution in [3.8, 4) is 17.5 Å². The maximum Gasteiger partial charge on any atom is 0.159 e. The van der Waals surface area contributed by atoms with Crippen molar-refractivity contribution >= 4 is 11.6 Å². The Morgan fingerprint density at radius 3 is 2.62 bits per heavy atom. The number of rotatable bonds is 2. The Bertz CT molecular complexity index is 529. The molecule has 0 aliphatic heterocycles. The zero-order chi connectivity index (χ0) is 11.4. The second kappa shape index (κ2) is 4.73. The topological polar surface area (TPSA) is 49.6 Å². The molecule has 0 unspecified atom stereocenters. The molecule has 0 aliphatic carbocycles. The van der Waals surface area contributed by atoms with Crippen molar-refractivity contribution in [2.45, 2.75) is 6.42 Å². The van der Waals surface area contributed by atoms with E-state index in [9.17, 15) is 0 Å². The number of halogens is 1. The molecule has 0 bridgehead atoms. The van der Waals surface area contributed by atoms with E-state index >= 15 is 0 Å². The molecular weight excluding hydrogens is 222 g/mol. The molecule has 0 saturated carbocycles. The highest BCUT2D eigenvalue weighted by atomic mass is 35.5. The maximum atomic E-state index is 8.59. The second-order valence-electron chi connectivity index (χ2n) is 3.21. The molecular formula is C12H8ClN3.